The summed E-state index contributed by atoms with van der Waals surface area (Å²) in [5.41, 5.74) is 5.43. The van der Waals surface area contributed by atoms with Crippen LogP contribution in [0, 0.1) is 10.1 Å². The molecule has 1 aliphatic rings. The van der Waals surface area contributed by atoms with Crippen LogP contribution >= 0.6 is 0 Å². The SMILES string of the molecule is CC1(C)c2ccccc2-c2c1ccc(-c1ccccc1)c2[N+](=O)[O-]. The summed E-state index contributed by atoms with van der Waals surface area (Å²) < 4.78 is 0. The number of fused-ring (bicyclic) bond motifs is 3. The molecule has 0 saturated carbocycles. The maximum atomic E-state index is 12.0. The molecule has 3 nitrogen and oxygen atoms in total. The van der Waals surface area contributed by atoms with Crippen molar-refractivity contribution in [1.82, 2.24) is 0 Å². The molecular formula is C21H17NO2. The van der Waals surface area contributed by atoms with Gasteiger partial charge in [-0.3, -0.25) is 10.1 Å². The highest BCUT2D eigenvalue weighted by Gasteiger charge is 2.40. The van der Waals surface area contributed by atoms with Gasteiger partial charge in [-0.05, 0) is 28.3 Å². The number of hydrogen-bond acceptors (Lipinski definition) is 2. The highest BCUT2D eigenvalue weighted by Crippen LogP contribution is 2.54. The summed E-state index contributed by atoms with van der Waals surface area (Å²) in [5.74, 6) is 0. The van der Waals surface area contributed by atoms with Gasteiger partial charge < -0.3 is 0 Å². The van der Waals surface area contributed by atoms with Gasteiger partial charge in [-0.15, -0.1) is 0 Å². The van der Waals surface area contributed by atoms with Crippen LogP contribution in [0.15, 0.2) is 66.7 Å². The number of rotatable bonds is 2. The first-order valence-electron chi connectivity index (χ1n) is 7.99. The van der Waals surface area contributed by atoms with Gasteiger partial charge in [0.05, 0.1) is 16.1 Å². The summed E-state index contributed by atoms with van der Waals surface area (Å²) in [6.07, 6.45) is 0. The lowest BCUT2D eigenvalue weighted by Gasteiger charge is -2.21. The van der Waals surface area contributed by atoms with Crippen molar-refractivity contribution in [1.29, 1.82) is 0 Å². The van der Waals surface area contributed by atoms with Crippen LogP contribution in [0.5, 0.6) is 0 Å². The van der Waals surface area contributed by atoms with Gasteiger partial charge in [0, 0.05) is 5.41 Å². The van der Waals surface area contributed by atoms with Crippen LogP contribution in [0.4, 0.5) is 5.69 Å². The second-order valence-corrected chi connectivity index (χ2v) is 6.68. The first-order chi connectivity index (χ1) is 11.5. The minimum absolute atomic E-state index is 0.205. The van der Waals surface area contributed by atoms with E-state index in [9.17, 15) is 10.1 Å². The molecule has 1 aliphatic carbocycles. The van der Waals surface area contributed by atoms with E-state index < -0.39 is 0 Å². The molecule has 3 aromatic rings. The van der Waals surface area contributed by atoms with Crippen molar-refractivity contribution in [3.63, 3.8) is 0 Å². The molecular weight excluding hydrogens is 298 g/mol. The molecule has 0 atom stereocenters. The Kier molecular flexibility index (Phi) is 3.07. The molecule has 24 heavy (non-hydrogen) atoms. The van der Waals surface area contributed by atoms with Crippen LogP contribution < -0.4 is 0 Å². The Morgan fingerprint density at radius 2 is 1.46 bits per heavy atom. The second kappa shape index (κ2) is 5.03. The van der Waals surface area contributed by atoms with Crippen LogP contribution in [0.2, 0.25) is 0 Å². The van der Waals surface area contributed by atoms with E-state index >= 15 is 0 Å². The van der Waals surface area contributed by atoms with Gasteiger partial charge in [0.1, 0.15) is 0 Å². The minimum Gasteiger partial charge on any atom is -0.258 e. The lowest BCUT2D eigenvalue weighted by atomic mass is 9.82. The first-order valence-corrected chi connectivity index (χ1v) is 7.99. The maximum absolute atomic E-state index is 12.0. The Bertz CT molecular complexity index is 959. The first kappa shape index (κ1) is 14.6. The fourth-order valence-corrected chi connectivity index (χ4v) is 3.82. The van der Waals surface area contributed by atoms with E-state index in [-0.39, 0.29) is 16.0 Å². The van der Waals surface area contributed by atoms with E-state index in [2.05, 4.69) is 19.9 Å². The summed E-state index contributed by atoms with van der Waals surface area (Å²) in [4.78, 5) is 11.7. The van der Waals surface area contributed by atoms with Gasteiger partial charge >= 0.3 is 0 Å². The quantitative estimate of drug-likeness (QED) is 0.458. The number of hydrogen-bond donors (Lipinski definition) is 0. The third kappa shape index (κ3) is 1.91. The standard InChI is InChI=1S/C21H17NO2/c1-21(2)17-11-7-6-10-16(17)19-18(21)13-12-15(20(19)22(23)24)14-8-4-3-5-9-14/h3-13H,1-2H3. The van der Waals surface area contributed by atoms with Crippen molar-refractivity contribution >= 4 is 5.69 Å². The lowest BCUT2D eigenvalue weighted by Crippen LogP contribution is -2.15. The largest absolute Gasteiger partial charge is 0.285 e. The summed E-state index contributed by atoms with van der Waals surface area (Å²) in [5, 5.41) is 12.0. The highest BCUT2D eigenvalue weighted by molar-refractivity contribution is 5.93. The molecule has 0 bridgehead atoms. The van der Waals surface area contributed by atoms with Crippen molar-refractivity contribution in [2.24, 2.45) is 0 Å². The van der Waals surface area contributed by atoms with E-state index in [1.165, 1.54) is 0 Å². The topological polar surface area (TPSA) is 43.1 Å². The molecule has 0 unspecified atom stereocenters. The molecule has 0 aromatic heterocycles. The monoisotopic (exact) mass is 315 g/mol. The molecule has 0 fully saturated rings. The predicted octanol–water partition coefficient (Wildman–Crippen LogP) is 5.57. The van der Waals surface area contributed by atoms with Crippen LogP contribution in [0.1, 0.15) is 25.0 Å². The molecule has 0 N–H and O–H groups in total. The Morgan fingerprint density at radius 3 is 2.17 bits per heavy atom. The van der Waals surface area contributed by atoms with Crippen LogP contribution in [-0.4, -0.2) is 4.92 Å². The minimum atomic E-state index is -0.237. The van der Waals surface area contributed by atoms with Crippen LogP contribution in [0.25, 0.3) is 22.3 Å². The van der Waals surface area contributed by atoms with Crippen molar-refractivity contribution < 1.29 is 4.92 Å². The molecule has 4 rings (SSSR count). The maximum Gasteiger partial charge on any atom is 0.285 e. The summed E-state index contributed by atoms with van der Waals surface area (Å²) in [6, 6.07) is 21.5. The Morgan fingerprint density at radius 1 is 0.792 bits per heavy atom. The molecule has 118 valence electrons. The van der Waals surface area contributed by atoms with Crippen molar-refractivity contribution in [2.45, 2.75) is 19.3 Å². The molecule has 0 saturated heterocycles. The van der Waals surface area contributed by atoms with Crippen LogP contribution in [-0.2, 0) is 5.41 Å². The summed E-state index contributed by atoms with van der Waals surface area (Å²) in [7, 11) is 0. The van der Waals surface area contributed by atoms with Gasteiger partial charge in [-0.1, -0.05) is 74.5 Å². The predicted molar refractivity (Wildman–Crippen MR) is 96.1 cm³/mol. The molecule has 0 spiro atoms. The Hall–Kier alpha value is -2.94. The smallest absolute Gasteiger partial charge is 0.258 e. The van der Waals surface area contributed by atoms with E-state index in [4.69, 9.17) is 0 Å². The second-order valence-electron chi connectivity index (χ2n) is 6.68. The van der Waals surface area contributed by atoms with Gasteiger partial charge in [-0.25, -0.2) is 0 Å². The number of nitro groups is 1. The van der Waals surface area contributed by atoms with Crippen molar-refractivity contribution in [3.8, 4) is 22.3 Å². The fourth-order valence-electron chi connectivity index (χ4n) is 3.82. The zero-order chi connectivity index (χ0) is 16.9. The fraction of sp³-hybridized carbons (Fsp3) is 0.143. The number of benzene rings is 3. The van der Waals surface area contributed by atoms with Crippen molar-refractivity contribution in [3.05, 3.63) is 88.0 Å². The number of nitro benzene ring substituents is 1. The molecule has 0 heterocycles. The van der Waals surface area contributed by atoms with E-state index in [1.54, 1.807) is 0 Å². The van der Waals surface area contributed by atoms with Crippen LogP contribution in [0.3, 0.4) is 0 Å². The Balaban J connectivity index is 2.11. The third-order valence-electron chi connectivity index (χ3n) is 4.99. The zero-order valence-electron chi connectivity index (χ0n) is 13.6. The zero-order valence-corrected chi connectivity index (χ0v) is 13.6. The highest BCUT2D eigenvalue weighted by atomic mass is 16.6. The molecule has 3 heteroatoms. The van der Waals surface area contributed by atoms with E-state index in [0.717, 1.165) is 27.8 Å². The van der Waals surface area contributed by atoms with Crippen molar-refractivity contribution in [2.75, 3.05) is 0 Å². The van der Waals surface area contributed by atoms with Gasteiger partial charge in [0.2, 0.25) is 0 Å². The van der Waals surface area contributed by atoms with Gasteiger partial charge in [0.25, 0.3) is 5.69 Å². The molecule has 0 aliphatic heterocycles. The Labute approximate surface area is 140 Å². The third-order valence-corrected chi connectivity index (χ3v) is 4.99. The van der Waals surface area contributed by atoms with Gasteiger partial charge in [0.15, 0.2) is 0 Å². The molecule has 0 amide bonds. The normalized spacial score (nSPS) is 14.1. The average molecular weight is 315 g/mol. The van der Waals surface area contributed by atoms with E-state index in [0.29, 0.717) is 5.56 Å². The van der Waals surface area contributed by atoms with Gasteiger partial charge in [-0.2, -0.15) is 0 Å². The summed E-state index contributed by atoms with van der Waals surface area (Å²) >= 11 is 0. The summed E-state index contributed by atoms with van der Waals surface area (Å²) in [6.45, 7) is 4.26. The number of nitrogens with zero attached hydrogens (tertiary/aromatic N) is 1. The molecule has 0 radical (unpaired) electrons. The average Bonchev–Trinajstić information content (AvgIpc) is 2.83. The molecule has 3 aromatic carbocycles. The van der Waals surface area contributed by atoms with E-state index in [1.807, 2.05) is 60.7 Å². The lowest BCUT2D eigenvalue weighted by molar-refractivity contribution is -0.383.